The predicted octanol–water partition coefficient (Wildman–Crippen LogP) is 7.56. The zero-order valence-corrected chi connectivity index (χ0v) is 27.2. The number of esters is 2. The van der Waals surface area contributed by atoms with Gasteiger partial charge < -0.3 is 23.4 Å². The van der Waals surface area contributed by atoms with E-state index in [0.717, 1.165) is 70.8 Å². The van der Waals surface area contributed by atoms with Gasteiger partial charge in [0.05, 0.1) is 12.2 Å². The van der Waals surface area contributed by atoms with Gasteiger partial charge in [0.15, 0.2) is 14.6 Å². The fourth-order valence-electron chi connectivity index (χ4n) is 5.48. The van der Waals surface area contributed by atoms with Gasteiger partial charge in [-0.1, -0.05) is 52.9 Å². The number of rotatable bonds is 16. The SMILES string of the molecule is CC(=O)O[C@H]1C[C@@H](OC2CCCCO2)[C@H](CO[Si](C)(C)C(C)(C)C)[C@H]1CCCCCCCCC(=O)OC(C)C. The Kier molecular flexibility index (Phi) is 14.5. The van der Waals surface area contributed by atoms with Crippen molar-refractivity contribution < 1.29 is 33.0 Å². The number of hydrogen-bond donors (Lipinski definition) is 0. The molecule has 7 nitrogen and oxygen atoms in total. The molecule has 0 aromatic carbocycles. The highest BCUT2D eigenvalue weighted by Crippen LogP contribution is 2.43. The summed E-state index contributed by atoms with van der Waals surface area (Å²) in [5, 5.41) is 0.130. The van der Waals surface area contributed by atoms with Crippen LogP contribution in [-0.2, 0) is 33.0 Å². The van der Waals surface area contributed by atoms with E-state index < -0.39 is 8.32 Å². The molecule has 1 heterocycles. The molecule has 1 unspecified atom stereocenters. The van der Waals surface area contributed by atoms with E-state index in [1.165, 1.54) is 6.92 Å². The normalized spacial score (nSPS) is 26.1. The van der Waals surface area contributed by atoms with E-state index in [2.05, 4.69) is 33.9 Å². The van der Waals surface area contributed by atoms with Crippen molar-refractivity contribution in [1.29, 1.82) is 0 Å². The number of hydrogen-bond acceptors (Lipinski definition) is 7. The molecule has 0 bridgehead atoms. The van der Waals surface area contributed by atoms with Crippen molar-refractivity contribution in [2.75, 3.05) is 13.2 Å². The molecule has 228 valence electrons. The summed E-state index contributed by atoms with van der Waals surface area (Å²) in [6.45, 7) is 18.1. The number of carbonyl (C=O) groups excluding carboxylic acids is 2. The first-order valence-corrected chi connectivity index (χ1v) is 18.5. The van der Waals surface area contributed by atoms with Gasteiger partial charge in [-0.15, -0.1) is 0 Å². The lowest BCUT2D eigenvalue weighted by molar-refractivity contribution is -0.198. The molecule has 0 amide bonds. The van der Waals surface area contributed by atoms with Gasteiger partial charge in [0, 0.05) is 44.8 Å². The third-order valence-electron chi connectivity index (χ3n) is 8.73. The lowest BCUT2D eigenvalue weighted by atomic mass is 9.89. The first-order valence-electron chi connectivity index (χ1n) is 15.6. The minimum Gasteiger partial charge on any atom is -0.463 e. The summed E-state index contributed by atoms with van der Waals surface area (Å²) >= 11 is 0. The quantitative estimate of drug-likeness (QED) is 0.108. The Morgan fingerprint density at radius 3 is 2.21 bits per heavy atom. The molecule has 0 radical (unpaired) electrons. The van der Waals surface area contributed by atoms with E-state index in [9.17, 15) is 9.59 Å². The zero-order chi connectivity index (χ0) is 29.1. The third-order valence-corrected chi connectivity index (χ3v) is 13.2. The Morgan fingerprint density at radius 2 is 1.62 bits per heavy atom. The molecular weight excluding hydrogens is 512 g/mol. The molecule has 1 saturated carbocycles. The topological polar surface area (TPSA) is 80.3 Å². The predicted molar refractivity (Wildman–Crippen MR) is 157 cm³/mol. The minimum absolute atomic E-state index is 0.0298. The van der Waals surface area contributed by atoms with Crippen molar-refractivity contribution in [3.8, 4) is 0 Å². The summed E-state index contributed by atoms with van der Waals surface area (Å²) in [4.78, 5) is 23.7. The Balaban J connectivity index is 1.95. The van der Waals surface area contributed by atoms with E-state index in [1.54, 1.807) is 0 Å². The summed E-state index contributed by atoms with van der Waals surface area (Å²) < 4.78 is 30.3. The Bertz CT molecular complexity index is 727. The van der Waals surface area contributed by atoms with Crippen LogP contribution in [0.1, 0.15) is 119 Å². The van der Waals surface area contributed by atoms with Crippen LogP contribution in [-0.4, -0.2) is 58.1 Å². The highest BCUT2D eigenvalue weighted by Gasteiger charge is 2.48. The molecule has 1 saturated heterocycles. The van der Waals surface area contributed by atoms with Crippen molar-refractivity contribution >= 4 is 20.3 Å². The summed E-state index contributed by atoms with van der Waals surface area (Å²) in [5.41, 5.74) is 0. The van der Waals surface area contributed by atoms with Crippen molar-refractivity contribution in [3.63, 3.8) is 0 Å². The molecule has 0 spiro atoms. The smallest absolute Gasteiger partial charge is 0.306 e. The third kappa shape index (κ3) is 12.2. The molecular formula is C31H58O7Si. The molecule has 0 aromatic rings. The summed E-state index contributed by atoms with van der Waals surface area (Å²) in [5.74, 6) is 0.0859. The lowest BCUT2D eigenvalue weighted by Gasteiger charge is -2.39. The van der Waals surface area contributed by atoms with Crippen molar-refractivity contribution in [2.24, 2.45) is 11.8 Å². The van der Waals surface area contributed by atoms with Gasteiger partial charge in [-0.25, -0.2) is 0 Å². The highest BCUT2D eigenvalue weighted by molar-refractivity contribution is 6.74. The van der Waals surface area contributed by atoms with Gasteiger partial charge >= 0.3 is 11.9 Å². The molecule has 2 rings (SSSR count). The maximum atomic E-state index is 12.0. The number of ether oxygens (including phenoxy) is 4. The van der Waals surface area contributed by atoms with Crippen LogP contribution in [0.3, 0.4) is 0 Å². The molecule has 0 aromatic heterocycles. The Labute approximate surface area is 239 Å². The van der Waals surface area contributed by atoms with Crippen LogP contribution in [0.4, 0.5) is 0 Å². The standard InChI is InChI=1S/C31H58O7Si/c1-23(2)36-29(33)18-14-12-10-9-11-13-17-25-26(22-35-39(7,8)31(4,5)6)28(21-27(25)37-24(3)32)38-30-19-15-16-20-34-30/h23,25-28,30H,9-22H2,1-8H3/t25-,26-,27+,28-,30?/m1/s1. The summed E-state index contributed by atoms with van der Waals surface area (Å²) in [7, 11) is -1.94. The van der Waals surface area contributed by atoms with Gasteiger partial charge in [-0.2, -0.15) is 0 Å². The molecule has 39 heavy (non-hydrogen) atoms. The monoisotopic (exact) mass is 570 g/mol. The van der Waals surface area contributed by atoms with Crippen molar-refractivity contribution in [1.82, 2.24) is 0 Å². The maximum Gasteiger partial charge on any atom is 0.306 e. The Morgan fingerprint density at radius 1 is 0.949 bits per heavy atom. The average Bonchev–Trinajstić information content (AvgIpc) is 3.13. The lowest BCUT2D eigenvalue weighted by Crippen LogP contribution is -2.44. The fraction of sp³-hybridized carbons (Fsp3) is 0.935. The van der Waals surface area contributed by atoms with Crippen LogP contribution in [0.2, 0.25) is 18.1 Å². The first-order chi connectivity index (χ1) is 18.3. The van der Waals surface area contributed by atoms with E-state index in [4.69, 9.17) is 23.4 Å². The van der Waals surface area contributed by atoms with E-state index in [0.29, 0.717) is 19.4 Å². The van der Waals surface area contributed by atoms with Gasteiger partial charge in [-0.3, -0.25) is 9.59 Å². The molecule has 8 heteroatoms. The van der Waals surface area contributed by atoms with Crippen LogP contribution in [0, 0.1) is 11.8 Å². The second kappa shape index (κ2) is 16.5. The van der Waals surface area contributed by atoms with Gasteiger partial charge in [0.25, 0.3) is 0 Å². The molecule has 1 aliphatic heterocycles. The zero-order valence-electron chi connectivity index (χ0n) is 26.2. The van der Waals surface area contributed by atoms with Crippen LogP contribution in [0.25, 0.3) is 0 Å². The van der Waals surface area contributed by atoms with Crippen LogP contribution < -0.4 is 0 Å². The Hall–Kier alpha value is -0.963. The molecule has 2 fully saturated rings. The minimum atomic E-state index is -1.94. The van der Waals surface area contributed by atoms with Gasteiger partial charge in [0.2, 0.25) is 0 Å². The van der Waals surface area contributed by atoms with Crippen LogP contribution >= 0.6 is 0 Å². The molecule has 5 atom stereocenters. The fourth-order valence-corrected chi connectivity index (χ4v) is 6.52. The molecule has 0 N–H and O–H groups in total. The summed E-state index contributed by atoms with van der Waals surface area (Å²) in [6, 6.07) is 0. The highest BCUT2D eigenvalue weighted by atomic mass is 28.4. The van der Waals surface area contributed by atoms with Gasteiger partial charge in [0.1, 0.15) is 6.10 Å². The van der Waals surface area contributed by atoms with E-state index in [-0.39, 0.29) is 53.4 Å². The average molecular weight is 571 g/mol. The molecule has 2 aliphatic rings. The largest absolute Gasteiger partial charge is 0.463 e. The van der Waals surface area contributed by atoms with Crippen molar-refractivity contribution in [2.45, 2.75) is 161 Å². The summed E-state index contributed by atoms with van der Waals surface area (Å²) in [6.07, 6.45) is 11.4. The van der Waals surface area contributed by atoms with E-state index in [1.807, 2.05) is 13.8 Å². The van der Waals surface area contributed by atoms with Gasteiger partial charge in [-0.05, 0) is 64.1 Å². The van der Waals surface area contributed by atoms with Crippen LogP contribution in [0.5, 0.6) is 0 Å². The number of carbonyl (C=O) groups is 2. The van der Waals surface area contributed by atoms with E-state index >= 15 is 0 Å². The first kappa shape index (κ1) is 34.2. The second-order valence-corrected chi connectivity index (χ2v) is 18.3. The van der Waals surface area contributed by atoms with Crippen LogP contribution in [0.15, 0.2) is 0 Å². The number of unbranched alkanes of at least 4 members (excludes halogenated alkanes) is 5. The maximum absolute atomic E-state index is 12.0. The van der Waals surface area contributed by atoms with Crippen molar-refractivity contribution in [3.05, 3.63) is 0 Å². The molecule has 1 aliphatic carbocycles. The second-order valence-electron chi connectivity index (χ2n) is 13.5.